The molecule has 0 aromatic heterocycles. The Morgan fingerprint density at radius 1 is 0.606 bits per heavy atom. The van der Waals surface area contributed by atoms with E-state index in [2.05, 4.69) is 21.3 Å². The van der Waals surface area contributed by atoms with Crippen molar-refractivity contribution in [1.29, 1.82) is 0 Å². The number of anilines is 2. The Balaban J connectivity index is 2.14. The van der Waals surface area contributed by atoms with Crippen LogP contribution in [0.4, 0.5) is 37.7 Å². The van der Waals surface area contributed by atoms with Crippen LogP contribution in [0.2, 0.25) is 0 Å². The zero-order valence-corrected chi connectivity index (χ0v) is 18.1. The first kappa shape index (κ1) is 26.4. The number of hydrogen-bond donors (Lipinski definition) is 4. The highest BCUT2D eigenvalue weighted by Crippen LogP contribution is 2.35. The lowest BCUT2D eigenvalue weighted by molar-refractivity contribution is -0.138. The molecule has 4 N–H and O–H groups in total. The van der Waals surface area contributed by atoms with Crippen LogP contribution in [0.1, 0.15) is 11.1 Å². The third kappa shape index (κ3) is 8.89. The Labute approximate surface area is 187 Å². The number of nitrogens with one attached hydrogen (secondary N) is 4. The van der Waals surface area contributed by atoms with Gasteiger partial charge in [0.25, 0.3) is 0 Å². The maximum Gasteiger partial charge on any atom is 0.416 e. The van der Waals surface area contributed by atoms with Crippen LogP contribution in [-0.2, 0) is 12.4 Å². The van der Waals surface area contributed by atoms with Crippen LogP contribution >= 0.6 is 0 Å². The molecule has 2 aromatic rings. The van der Waals surface area contributed by atoms with Gasteiger partial charge in [-0.2, -0.15) is 26.3 Å². The molecule has 0 aliphatic rings. The zero-order valence-electron chi connectivity index (χ0n) is 18.1. The van der Waals surface area contributed by atoms with E-state index in [4.69, 9.17) is 9.47 Å². The van der Waals surface area contributed by atoms with E-state index in [1.165, 1.54) is 12.1 Å². The molecule has 0 radical (unpaired) electrons. The minimum Gasteiger partial charge on any atom is -0.457 e. The third-order valence-corrected chi connectivity index (χ3v) is 4.33. The Morgan fingerprint density at radius 2 is 1.00 bits per heavy atom. The van der Waals surface area contributed by atoms with Gasteiger partial charge in [0.15, 0.2) is 0 Å². The number of benzene rings is 2. The summed E-state index contributed by atoms with van der Waals surface area (Å²) in [6.45, 7) is 1.21. The third-order valence-electron chi connectivity index (χ3n) is 4.33. The molecule has 0 bridgehead atoms. The molecule has 33 heavy (non-hydrogen) atoms. The van der Waals surface area contributed by atoms with Gasteiger partial charge in [-0.25, -0.2) is 0 Å². The van der Waals surface area contributed by atoms with E-state index in [-0.39, 0.29) is 22.9 Å². The largest absolute Gasteiger partial charge is 0.457 e. The van der Waals surface area contributed by atoms with Gasteiger partial charge in [-0.1, -0.05) is 0 Å². The van der Waals surface area contributed by atoms with Gasteiger partial charge in [-0.3, -0.25) is 0 Å². The lowest BCUT2D eigenvalue weighted by Gasteiger charge is -2.16. The van der Waals surface area contributed by atoms with E-state index in [0.717, 1.165) is 24.3 Å². The number of alkyl halides is 6. The van der Waals surface area contributed by atoms with Crippen LogP contribution in [0.15, 0.2) is 36.4 Å². The number of rotatable bonds is 12. The van der Waals surface area contributed by atoms with E-state index in [1.807, 2.05) is 0 Å². The standard InChI is InChI=1S/C21H26F6N4O2/c1-28-3-5-30-16-7-14(20(22,23)24)9-18(11-16)32-13-33-19-10-15(21(25,26)27)8-17(12-19)31-6-4-29-2/h7-12,28-31H,3-6,13H2,1-2H3. The second-order valence-corrected chi connectivity index (χ2v) is 6.95. The number of ether oxygens (including phenoxy) is 2. The van der Waals surface area contributed by atoms with Crippen molar-refractivity contribution >= 4 is 11.4 Å². The van der Waals surface area contributed by atoms with Crippen LogP contribution < -0.4 is 30.7 Å². The summed E-state index contributed by atoms with van der Waals surface area (Å²) in [5.74, 6) is -0.285. The molecule has 6 nitrogen and oxygen atoms in total. The SMILES string of the molecule is CNCCNc1cc(OCOc2cc(NCCNC)cc(C(F)(F)F)c2)cc(C(F)(F)F)c1. The van der Waals surface area contributed by atoms with Crippen molar-refractivity contribution in [2.45, 2.75) is 12.4 Å². The average molecular weight is 480 g/mol. The van der Waals surface area contributed by atoms with Crippen molar-refractivity contribution in [1.82, 2.24) is 10.6 Å². The maximum absolute atomic E-state index is 13.2. The molecular weight excluding hydrogens is 454 g/mol. The molecule has 0 spiro atoms. The van der Waals surface area contributed by atoms with Crippen LogP contribution in [-0.4, -0.2) is 47.1 Å². The van der Waals surface area contributed by atoms with Crippen molar-refractivity contribution in [3.05, 3.63) is 47.5 Å². The highest BCUT2D eigenvalue weighted by Gasteiger charge is 2.32. The molecule has 0 amide bonds. The summed E-state index contributed by atoms with van der Waals surface area (Å²) in [4.78, 5) is 0. The minimum absolute atomic E-state index is 0.142. The van der Waals surface area contributed by atoms with Crippen LogP contribution in [0.25, 0.3) is 0 Å². The van der Waals surface area contributed by atoms with E-state index in [1.54, 1.807) is 14.1 Å². The van der Waals surface area contributed by atoms with Gasteiger partial charge >= 0.3 is 12.4 Å². The summed E-state index contributed by atoms with van der Waals surface area (Å²) >= 11 is 0. The Kier molecular flexibility index (Phi) is 9.47. The Hall–Kier alpha value is -2.86. The lowest BCUT2D eigenvalue weighted by atomic mass is 10.1. The summed E-state index contributed by atoms with van der Waals surface area (Å²) in [5, 5.41) is 11.4. The summed E-state index contributed by atoms with van der Waals surface area (Å²) < 4.78 is 89.8. The fraction of sp³-hybridized carbons (Fsp3) is 0.429. The molecule has 0 unspecified atom stereocenters. The van der Waals surface area contributed by atoms with E-state index < -0.39 is 30.3 Å². The molecule has 2 rings (SSSR count). The Morgan fingerprint density at radius 3 is 1.33 bits per heavy atom. The zero-order chi connectivity index (χ0) is 24.5. The second-order valence-electron chi connectivity index (χ2n) is 6.95. The van der Waals surface area contributed by atoms with Gasteiger partial charge in [-0.15, -0.1) is 0 Å². The number of halogens is 6. The summed E-state index contributed by atoms with van der Waals surface area (Å²) in [6.07, 6.45) is -9.21. The number of likely N-dealkylation sites (N-methyl/N-ethyl adjacent to an activating group) is 2. The highest BCUT2D eigenvalue weighted by molar-refractivity contribution is 5.53. The van der Waals surface area contributed by atoms with Gasteiger partial charge in [0.1, 0.15) is 11.5 Å². The fourth-order valence-electron chi connectivity index (χ4n) is 2.73. The first-order valence-electron chi connectivity index (χ1n) is 10.00. The average Bonchev–Trinajstić information content (AvgIpc) is 2.73. The van der Waals surface area contributed by atoms with Gasteiger partial charge in [0.05, 0.1) is 11.1 Å². The first-order chi connectivity index (χ1) is 15.5. The van der Waals surface area contributed by atoms with Crippen molar-refractivity contribution in [2.24, 2.45) is 0 Å². The molecular formula is C21H26F6N4O2. The first-order valence-corrected chi connectivity index (χ1v) is 10.00. The number of hydrogen-bond acceptors (Lipinski definition) is 6. The molecule has 184 valence electrons. The minimum atomic E-state index is -4.60. The van der Waals surface area contributed by atoms with E-state index >= 15 is 0 Å². The van der Waals surface area contributed by atoms with Gasteiger partial charge in [-0.05, 0) is 38.4 Å². The topological polar surface area (TPSA) is 66.6 Å². The molecule has 0 saturated carbocycles. The summed E-state index contributed by atoms with van der Waals surface area (Å²) in [7, 11) is 3.41. The summed E-state index contributed by atoms with van der Waals surface area (Å²) in [5.41, 5.74) is -1.49. The van der Waals surface area contributed by atoms with Crippen molar-refractivity contribution in [3.63, 3.8) is 0 Å². The predicted octanol–water partition coefficient (Wildman–Crippen LogP) is 4.40. The van der Waals surface area contributed by atoms with Crippen LogP contribution in [0.3, 0.4) is 0 Å². The molecule has 0 atom stereocenters. The molecule has 0 fully saturated rings. The van der Waals surface area contributed by atoms with Gasteiger partial charge < -0.3 is 30.7 Å². The normalized spacial score (nSPS) is 11.9. The van der Waals surface area contributed by atoms with Gasteiger partial charge in [0.2, 0.25) is 6.79 Å². The molecule has 0 aliphatic carbocycles. The van der Waals surface area contributed by atoms with Crippen molar-refractivity contribution in [3.8, 4) is 11.5 Å². The predicted molar refractivity (Wildman–Crippen MR) is 114 cm³/mol. The smallest absolute Gasteiger partial charge is 0.416 e. The maximum atomic E-state index is 13.2. The monoisotopic (exact) mass is 480 g/mol. The summed E-state index contributed by atoms with van der Waals surface area (Å²) in [6, 6.07) is 6.18. The van der Waals surface area contributed by atoms with E-state index in [9.17, 15) is 26.3 Å². The molecule has 0 heterocycles. The lowest BCUT2D eigenvalue weighted by Crippen LogP contribution is -2.18. The van der Waals surface area contributed by atoms with E-state index in [0.29, 0.717) is 26.2 Å². The second kappa shape index (κ2) is 11.8. The highest BCUT2D eigenvalue weighted by atomic mass is 19.4. The van der Waals surface area contributed by atoms with Crippen molar-refractivity contribution < 1.29 is 35.8 Å². The molecule has 2 aromatic carbocycles. The molecule has 12 heteroatoms. The Bertz CT molecular complexity index is 819. The molecule has 0 saturated heterocycles. The van der Waals surface area contributed by atoms with Crippen LogP contribution in [0.5, 0.6) is 11.5 Å². The quantitative estimate of drug-likeness (QED) is 0.205. The van der Waals surface area contributed by atoms with Gasteiger partial charge in [0, 0.05) is 49.7 Å². The molecule has 0 aliphatic heterocycles. The van der Waals surface area contributed by atoms with Crippen LogP contribution in [0, 0.1) is 0 Å². The van der Waals surface area contributed by atoms with Crippen molar-refractivity contribution in [2.75, 3.05) is 57.7 Å². The fourth-order valence-corrected chi connectivity index (χ4v) is 2.73.